The van der Waals surface area contributed by atoms with E-state index in [4.69, 9.17) is 15.1 Å². The van der Waals surface area contributed by atoms with Gasteiger partial charge in [-0.1, -0.05) is 0 Å². The Morgan fingerprint density at radius 2 is 2.25 bits per heavy atom. The number of carboxylic acids is 1. The second-order valence-corrected chi connectivity index (χ2v) is 5.39. The molecular formula is C12H8N2O4S2. The fourth-order valence-corrected chi connectivity index (χ4v) is 2.73. The van der Waals surface area contributed by atoms with Crippen LogP contribution >= 0.6 is 22.7 Å². The molecule has 2 aromatic rings. The summed E-state index contributed by atoms with van der Waals surface area (Å²) < 4.78 is 5.18. The number of nitrogens with zero attached hydrogens (tertiary/aromatic N) is 1. The zero-order chi connectivity index (χ0) is 14.5. The van der Waals surface area contributed by atoms with Crippen LogP contribution in [0.2, 0.25) is 0 Å². The lowest BCUT2D eigenvalue weighted by Gasteiger charge is -2.04. The second kappa shape index (κ2) is 6.18. The molecule has 0 atom stereocenters. The zero-order valence-electron chi connectivity index (χ0n) is 9.95. The number of anilines is 1. The molecule has 0 radical (unpaired) electrons. The third-order valence-electron chi connectivity index (χ3n) is 2.19. The van der Waals surface area contributed by atoms with Crippen molar-refractivity contribution in [1.82, 2.24) is 0 Å². The molecule has 0 aromatic carbocycles. The van der Waals surface area contributed by atoms with Crippen LogP contribution in [0.3, 0.4) is 0 Å². The van der Waals surface area contributed by atoms with E-state index in [-0.39, 0.29) is 11.5 Å². The van der Waals surface area contributed by atoms with Crippen LogP contribution in [0.15, 0.2) is 22.9 Å². The minimum Gasteiger partial charge on any atom is -0.483 e. The van der Waals surface area contributed by atoms with Crippen molar-refractivity contribution in [2.75, 3.05) is 11.9 Å². The first-order chi connectivity index (χ1) is 9.60. The molecule has 20 heavy (non-hydrogen) atoms. The lowest BCUT2D eigenvalue weighted by Crippen LogP contribution is -2.19. The van der Waals surface area contributed by atoms with Gasteiger partial charge in [-0.3, -0.25) is 4.79 Å². The van der Waals surface area contributed by atoms with Gasteiger partial charge in [-0.15, -0.1) is 22.7 Å². The lowest BCUT2D eigenvalue weighted by atomic mass is 10.3. The number of carboxylic acid groups (broad SMARTS) is 1. The second-order valence-electron chi connectivity index (χ2n) is 3.56. The molecule has 0 saturated heterocycles. The number of aromatic carboxylic acids is 1. The monoisotopic (exact) mass is 308 g/mol. The molecule has 0 bridgehead atoms. The van der Waals surface area contributed by atoms with Gasteiger partial charge in [0, 0.05) is 11.4 Å². The number of ether oxygens (including phenoxy) is 1. The molecule has 0 unspecified atom stereocenters. The highest BCUT2D eigenvalue weighted by molar-refractivity contribution is 7.14. The highest BCUT2D eigenvalue weighted by atomic mass is 32.1. The largest absolute Gasteiger partial charge is 0.483 e. The van der Waals surface area contributed by atoms with E-state index in [1.54, 1.807) is 11.4 Å². The van der Waals surface area contributed by atoms with Gasteiger partial charge >= 0.3 is 5.97 Å². The van der Waals surface area contributed by atoms with Crippen LogP contribution in [0.25, 0.3) is 0 Å². The molecule has 0 saturated carbocycles. The molecule has 0 aliphatic rings. The molecule has 1 amide bonds. The number of carbonyl (C=O) groups is 2. The number of nitriles is 1. The van der Waals surface area contributed by atoms with E-state index >= 15 is 0 Å². The van der Waals surface area contributed by atoms with Gasteiger partial charge in [0.2, 0.25) is 0 Å². The van der Waals surface area contributed by atoms with Crippen molar-refractivity contribution in [3.05, 3.63) is 33.3 Å². The topological polar surface area (TPSA) is 99.4 Å². The third-order valence-corrected chi connectivity index (χ3v) is 3.92. The molecular weight excluding hydrogens is 300 g/mol. The van der Waals surface area contributed by atoms with Crippen LogP contribution in [-0.2, 0) is 4.79 Å². The first-order valence-corrected chi connectivity index (χ1v) is 7.08. The van der Waals surface area contributed by atoms with Crippen molar-refractivity contribution >= 4 is 39.6 Å². The fourth-order valence-electron chi connectivity index (χ4n) is 1.31. The molecule has 2 heterocycles. The molecule has 6 nitrogen and oxygen atoms in total. The molecule has 2 aromatic heterocycles. The number of hydrogen-bond donors (Lipinski definition) is 2. The lowest BCUT2D eigenvalue weighted by molar-refractivity contribution is -0.118. The summed E-state index contributed by atoms with van der Waals surface area (Å²) in [6.45, 7) is -0.251. The number of nitrogens with one attached hydrogen (secondary N) is 1. The summed E-state index contributed by atoms with van der Waals surface area (Å²) in [7, 11) is 0. The molecule has 2 rings (SSSR count). The molecule has 2 N–H and O–H groups in total. The fraction of sp³-hybridized carbons (Fsp3) is 0.0833. The summed E-state index contributed by atoms with van der Waals surface area (Å²) in [6.07, 6.45) is 0. The van der Waals surface area contributed by atoms with Crippen LogP contribution in [0, 0.1) is 11.3 Å². The van der Waals surface area contributed by atoms with Gasteiger partial charge in [-0.05, 0) is 11.4 Å². The first-order valence-electron chi connectivity index (χ1n) is 5.32. The number of thiophene rings is 2. The first kappa shape index (κ1) is 14.0. The van der Waals surface area contributed by atoms with Gasteiger partial charge < -0.3 is 15.2 Å². The maximum Gasteiger partial charge on any atom is 0.346 e. The van der Waals surface area contributed by atoms with Gasteiger partial charge in [0.1, 0.15) is 21.7 Å². The Kier molecular flexibility index (Phi) is 4.34. The number of rotatable bonds is 5. The van der Waals surface area contributed by atoms with Crippen LogP contribution in [0.5, 0.6) is 5.75 Å². The summed E-state index contributed by atoms with van der Waals surface area (Å²) in [5.74, 6) is -1.12. The number of hydrogen-bond acceptors (Lipinski definition) is 6. The van der Waals surface area contributed by atoms with E-state index in [1.807, 2.05) is 6.07 Å². The Balaban J connectivity index is 1.89. The van der Waals surface area contributed by atoms with E-state index in [0.29, 0.717) is 16.3 Å². The molecule has 8 heteroatoms. The maximum absolute atomic E-state index is 11.6. The minimum atomic E-state index is -1.04. The Morgan fingerprint density at radius 1 is 1.45 bits per heavy atom. The normalized spacial score (nSPS) is 9.75. The van der Waals surface area contributed by atoms with Crippen molar-refractivity contribution < 1.29 is 19.4 Å². The summed E-state index contributed by atoms with van der Waals surface area (Å²) >= 11 is 2.27. The Bertz CT molecular complexity index is 684. The molecule has 0 fully saturated rings. The SMILES string of the molecule is N#Cc1ccsc1NC(=O)COc1csc(C(=O)O)c1. The quantitative estimate of drug-likeness (QED) is 0.883. The average Bonchev–Trinajstić information content (AvgIpc) is 3.04. The van der Waals surface area contributed by atoms with E-state index in [0.717, 1.165) is 11.3 Å². The molecule has 102 valence electrons. The van der Waals surface area contributed by atoms with E-state index in [2.05, 4.69) is 5.32 Å². The minimum absolute atomic E-state index is 0.144. The highest BCUT2D eigenvalue weighted by Gasteiger charge is 2.11. The molecule has 0 spiro atoms. The molecule has 0 aliphatic heterocycles. The van der Waals surface area contributed by atoms with Crippen molar-refractivity contribution in [2.45, 2.75) is 0 Å². The number of amides is 1. The van der Waals surface area contributed by atoms with Crippen molar-refractivity contribution in [2.24, 2.45) is 0 Å². The van der Waals surface area contributed by atoms with Gasteiger partial charge in [0.05, 0.1) is 5.56 Å². The van der Waals surface area contributed by atoms with Crippen molar-refractivity contribution in [1.29, 1.82) is 5.26 Å². The Labute approximate surface area is 121 Å². The smallest absolute Gasteiger partial charge is 0.346 e. The predicted octanol–water partition coefficient (Wildman–Crippen LogP) is 2.40. The van der Waals surface area contributed by atoms with Crippen LogP contribution < -0.4 is 10.1 Å². The Hall–Kier alpha value is -2.37. The third kappa shape index (κ3) is 3.34. The van der Waals surface area contributed by atoms with E-state index < -0.39 is 11.9 Å². The summed E-state index contributed by atoms with van der Waals surface area (Å²) in [5, 5.41) is 23.8. The zero-order valence-corrected chi connectivity index (χ0v) is 11.6. The standard InChI is InChI=1S/C12H8N2O4S2/c13-4-7-1-2-19-11(7)14-10(15)5-18-8-3-9(12(16)17)20-6-8/h1-3,6H,5H2,(H,14,15)(H,16,17). The van der Waals surface area contributed by atoms with Gasteiger partial charge in [-0.2, -0.15) is 5.26 Å². The van der Waals surface area contributed by atoms with Crippen LogP contribution in [0.4, 0.5) is 5.00 Å². The highest BCUT2D eigenvalue weighted by Crippen LogP contribution is 2.23. The van der Waals surface area contributed by atoms with E-state index in [1.165, 1.54) is 22.8 Å². The number of carbonyl (C=O) groups excluding carboxylic acids is 1. The maximum atomic E-state index is 11.6. The van der Waals surface area contributed by atoms with E-state index in [9.17, 15) is 9.59 Å². The van der Waals surface area contributed by atoms with Crippen LogP contribution in [0.1, 0.15) is 15.2 Å². The predicted molar refractivity (Wildman–Crippen MR) is 74.4 cm³/mol. The van der Waals surface area contributed by atoms with Gasteiger partial charge in [0.25, 0.3) is 5.91 Å². The summed E-state index contributed by atoms with van der Waals surface area (Å²) in [5.41, 5.74) is 0.395. The van der Waals surface area contributed by atoms with Crippen molar-refractivity contribution in [3.8, 4) is 11.8 Å². The Morgan fingerprint density at radius 3 is 2.90 bits per heavy atom. The summed E-state index contributed by atoms with van der Waals surface area (Å²) in [4.78, 5) is 22.5. The van der Waals surface area contributed by atoms with Gasteiger partial charge in [0.15, 0.2) is 6.61 Å². The van der Waals surface area contributed by atoms with Crippen LogP contribution in [-0.4, -0.2) is 23.6 Å². The summed E-state index contributed by atoms with van der Waals surface area (Å²) in [6, 6.07) is 4.93. The molecule has 0 aliphatic carbocycles. The average molecular weight is 308 g/mol. The van der Waals surface area contributed by atoms with Gasteiger partial charge in [-0.25, -0.2) is 4.79 Å². The van der Waals surface area contributed by atoms with Crippen molar-refractivity contribution in [3.63, 3.8) is 0 Å².